The lowest BCUT2D eigenvalue weighted by Gasteiger charge is -2.15. The first-order valence-corrected chi connectivity index (χ1v) is 10.3. The lowest BCUT2D eigenvalue weighted by atomic mass is 10.1. The molecule has 1 atom stereocenters. The molecule has 0 heterocycles. The minimum atomic E-state index is -2.59. The molecule has 128 valence electrons. The summed E-state index contributed by atoms with van der Waals surface area (Å²) in [6.45, 7) is 1.72. The van der Waals surface area contributed by atoms with Crippen LogP contribution < -0.4 is 10.0 Å². The minimum Gasteiger partial charge on any atom is -0.497 e. The Morgan fingerprint density at radius 1 is 1.21 bits per heavy atom. The fraction of sp³-hybridized carbons (Fsp3) is 0.235. The largest absolute Gasteiger partial charge is 0.497 e. The highest BCUT2D eigenvalue weighted by molar-refractivity contribution is 7.70. The summed E-state index contributed by atoms with van der Waals surface area (Å²) in [5.41, 5.74) is 0.634. The van der Waals surface area contributed by atoms with E-state index in [9.17, 15) is 9.36 Å². The predicted molar refractivity (Wildman–Crippen MR) is 98.2 cm³/mol. The van der Waals surface area contributed by atoms with Gasteiger partial charge in [0.25, 0.3) is 0 Å². The van der Waals surface area contributed by atoms with Gasteiger partial charge in [-0.1, -0.05) is 35.3 Å². The number of methoxy groups -OCH3 is 1. The lowest BCUT2D eigenvalue weighted by molar-refractivity contribution is 0.0697. The van der Waals surface area contributed by atoms with Gasteiger partial charge in [-0.3, -0.25) is 0 Å². The van der Waals surface area contributed by atoms with E-state index in [1.807, 2.05) is 6.07 Å². The first-order valence-electron chi connectivity index (χ1n) is 7.17. The van der Waals surface area contributed by atoms with Crippen LogP contribution in [0.1, 0.15) is 15.9 Å². The summed E-state index contributed by atoms with van der Waals surface area (Å²) in [6.07, 6.45) is 0.892. The second kappa shape index (κ2) is 7.60. The third kappa shape index (κ3) is 4.32. The highest BCUT2D eigenvalue weighted by Crippen LogP contribution is 2.41. The zero-order valence-corrected chi connectivity index (χ0v) is 15.7. The molecule has 0 spiro atoms. The number of carbonyl (C=O) groups is 1. The highest BCUT2D eigenvalue weighted by atomic mass is 35.5. The van der Waals surface area contributed by atoms with E-state index in [2.05, 4.69) is 0 Å². The fourth-order valence-corrected chi connectivity index (χ4v) is 4.79. The van der Waals surface area contributed by atoms with Crippen molar-refractivity contribution in [3.05, 3.63) is 57.6 Å². The van der Waals surface area contributed by atoms with Gasteiger partial charge in [0, 0.05) is 11.5 Å². The van der Waals surface area contributed by atoms with Crippen molar-refractivity contribution in [2.24, 2.45) is 0 Å². The van der Waals surface area contributed by atoms with Crippen LogP contribution in [-0.2, 0) is 11.0 Å². The number of aromatic carboxylic acids is 1. The third-order valence-electron chi connectivity index (χ3n) is 3.74. The standard InChI is InChI=1S/C17H17Cl2O4P/c1-23-12-4-3-5-13(10-12)24(2,22)7-6-11-8-14(18)16(17(20)21)15(19)9-11/h3-5,8-10H,6-7H2,1-2H3,(H,20,21)/t24-/m1/s1. The molecule has 0 bridgehead atoms. The fourth-order valence-electron chi connectivity index (χ4n) is 2.35. The molecule has 0 saturated heterocycles. The highest BCUT2D eigenvalue weighted by Gasteiger charge is 2.20. The van der Waals surface area contributed by atoms with E-state index in [1.54, 1.807) is 44.1 Å². The van der Waals surface area contributed by atoms with E-state index < -0.39 is 13.1 Å². The average Bonchev–Trinajstić information content (AvgIpc) is 2.52. The molecule has 0 aliphatic rings. The maximum absolute atomic E-state index is 13.0. The van der Waals surface area contributed by atoms with Crippen LogP contribution in [0.3, 0.4) is 0 Å². The van der Waals surface area contributed by atoms with Gasteiger partial charge >= 0.3 is 5.97 Å². The van der Waals surface area contributed by atoms with E-state index in [1.165, 1.54) is 0 Å². The Hall–Kier alpha value is -1.48. The van der Waals surface area contributed by atoms with Crippen molar-refractivity contribution in [1.29, 1.82) is 0 Å². The number of hydrogen-bond donors (Lipinski definition) is 1. The van der Waals surface area contributed by atoms with Crippen molar-refractivity contribution < 1.29 is 19.2 Å². The quantitative estimate of drug-likeness (QED) is 0.739. The molecule has 24 heavy (non-hydrogen) atoms. The normalized spacial score (nSPS) is 13.3. The number of rotatable bonds is 6. The molecule has 2 rings (SSSR count). The smallest absolute Gasteiger partial charge is 0.338 e. The summed E-state index contributed by atoms with van der Waals surface area (Å²) in [4.78, 5) is 11.1. The molecule has 0 unspecified atom stereocenters. The minimum absolute atomic E-state index is 0.0808. The first kappa shape index (κ1) is 18.9. The van der Waals surface area contributed by atoms with E-state index >= 15 is 0 Å². The van der Waals surface area contributed by atoms with Gasteiger partial charge in [0.1, 0.15) is 12.9 Å². The van der Waals surface area contributed by atoms with Crippen molar-refractivity contribution in [1.82, 2.24) is 0 Å². The van der Waals surface area contributed by atoms with Crippen LogP contribution in [-0.4, -0.2) is 31.0 Å². The van der Waals surface area contributed by atoms with Crippen LogP contribution in [0.2, 0.25) is 10.0 Å². The van der Waals surface area contributed by atoms with Crippen LogP contribution in [0.5, 0.6) is 5.75 Å². The zero-order chi connectivity index (χ0) is 17.9. The molecule has 2 aromatic rings. The van der Waals surface area contributed by atoms with Gasteiger partial charge in [-0.2, -0.15) is 0 Å². The van der Waals surface area contributed by atoms with Gasteiger partial charge < -0.3 is 14.4 Å². The van der Waals surface area contributed by atoms with Gasteiger partial charge in [-0.25, -0.2) is 4.79 Å². The Morgan fingerprint density at radius 3 is 2.38 bits per heavy atom. The molecule has 0 aromatic heterocycles. The maximum atomic E-state index is 13.0. The number of benzene rings is 2. The molecule has 4 nitrogen and oxygen atoms in total. The van der Waals surface area contributed by atoms with Crippen LogP contribution in [0.4, 0.5) is 0 Å². The Morgan fingerprint density at radius 2 is 1.83 bits per heavy atom. The number of carboxylic acids is 1. The van der Waals surface area contributed by atoms with Crippen LogP contribution >= 0.6 is 30.3 Å². The third-order valence-corrected chi connectivity index (χ3v) is 6.79. The maximum Gasteiger partial charge on any atom is 0.338 e. The molecule has 0 aliphatic heterocycles. The number of halogens is 2. The Kier molecular flexibility index (Phi) is 5.97. The van der Waals surface area contributed by atoms with Crippen molar-refractivity contribution >= 4 is 41.6 Å². The number of aryl methyl sites for hydroxylation is 1. The van der Waals surface area contributed by atoms with E-state index in [0.717, 1.165) is 10.9 Å². The summed E-state index contributed by atoms with van der Waals surface area (Å²) >= 11 is 12.0. The van der Waals surface area contributed by atoms with Gasteiger partial charge in [0.2, 0.25) is 0 Å². The summed E-state index contributed by atoms with van der Waals surface area (Å²) < 4.78 is 18.2. The second-order valence-electron chi connectivity index (χ2n) is 5.52. The number of ether oxygens (including phenoxy) is 1. The number of carboxylic acid groups (broad SMARTS) is 1. The van der Waals surface area contributed by atoms with Gasteiger partial charge in [-0.15, -0.1) is 0 Å². The van der Waals surface area contributed by atoms with Crippen molar-refractivity contribution in [3.63, 3.8) is 0 Å². The van der Waals surface area contributed by atoms with Crippen molar-refractivity contribution in [3.8, 4) is 5.75 Å². The Bertz CT molecular complexity index is 797. The number of hydrogen-bond acceptors (Lipinski definition) is 3. The Labute approximate surface area is 150 Å². The topological polar surface area (TPSA) is 63.6 Å². The Balaban J connectivity index is 2.20. The average molecular weight is 387 g/mol. The van der Waals surface area contributed by atoms with Gasteiger partial charge in [-0.05, 0) is 42.9 Å². The van der Waals surface area contributed by atoms with E-state index in [4.69, 9.17) is 33.0 Å². The van der Waals surface area contributed by atoms with E-state index in [-0.39, 0.29) is 15.6 Å². The summed E-state index contributed by atoms with van der Waals surface area (Å²) in [6, 6.07) is 10.3. The second-order valence-corrected chi connectivity index (χ2v) is 9.50. The summed E-state index contributed by atoms with van der Waals surface area (Å²) in [5.74, 6) is -0.513. The lowest BCUT2D eigenvalue weighted by Crippen LogP contribution is -2.09. The van der Waals surface area contributed by atoms with Crippen molar-refractivity contribution in [2.45, 2.75) is 6.42 Å². The van der Waals surface area contributed by atoms with Crippen LogP contribution in [0, 0.1) is 0 Å². The molecular weight excluding hydrogens is 370 g/mol. The molecule has 2 aromatic carbocycles. The summed E-state index contributed by atoms with van der Waals surface area (Å²) in [5, 5.41) is 9.97. The zero-order valence-electron chi connectivity index (χ0n) is 13.3. The summed E-state index contributed by atoms with van der Waals surface area (Å²) in [7, 11) is -1.03. The van der Waals surface area contributed by atoms with Crippen LogP contribution in [0.25, 0.3) is 0 Å². The van der Waals surface area contributed by atoms with E-state index in [0.29, 0.717) is 18.3 Å². The molecule has 0 saturated carbocycles. The first-order chi connectivity index (χ1) is 11.2. The van der Waals surface area contributed by atoms with Gasteiger partial charge in [0.15, 0.2) is 0 Å². The monoisotopic (exact) mass is 386 g/mol. The molecule has 0 radical (unpaired) electrons. The van der Waals surface area contributed by atoms with Crippen molar-refractivity contribution in [2.75, 3.05) is 19.9 Å². The van der Waals surface area contributed by atoms with Gasteiger partial charge in [0.05, 0.1) is 22.7 Å². The molecule has 0 aliphatic carbocycles. The molecule has 7 heteroatoms. The molecule has 0 fully saturated rings. The molecule has 1 N–H and O–H groups in total. The molecule has 0 amide bonds. The SMILES string of the molecule is COc1cccc([P@](C)(=O)CCc2cc(Cl)c(C(=O)O)c(Cl)c2)c1. The van der Waals surface area contributed by atoms with Crippen LogP contribution in [0.15, 0.2) is 36.4 Å². The predicted octanol–water partition coefficient (Wildman–Crippen LogP) is 4.56. The molecular formula is C17H17Cl2O4P.